The SMILES string of the molecule is CC(CCl)C(=O)Nc1ncccn1. The molecule has 70 valence electrons. The Kier molecular flexibility index (Phi) is 3.64. The van der Waals surface area contributed by atoms with Gasteiger partial charge in [-0.3, -0.25) is 10.1 Å². The van der Waals surface area contributed by atoms with Crippen LogP contribution in [0.2, 0.25) is 0 Å². The van der Waals surface area contributed by atoms with Crippen molar-refractivity contribution in [1.29, 1.82) is 0 Å². The largest absolute Gasteiger partial charge is 0.294 e. The lowest BCUT2D eigenvalue weighted by atomic mass is 10.2. The maximum atomic E-state index is 11.3. The Morgan fingerprint density at radius 3 is 2.77 bits per heavy atom. The Bertz CT molecular complexity index is 278. The maximum absolute atomic E-state index is 11.3. The number of halogens is 1. The first-order valence-electron chi connectivity index (χ1n) is 3.88. The molecule has 5 heteroatoms. The number of aromatic nitrogens is 2. The molecule has 0 fully saturated rings. The third-order valence-corrected chi connectivity index (χ3v) is 1.94. The molecule has 1 aromatic rings. The van der Waals surface area contributed by atoms with Gasteiger partial charge < -0.3 is 0 Å². The van der Waals surface area contributed by atoms with Gasteiger partial charge in [0.25, 0.3) is 0 Å². The molecular weight excluding hydrogens is 190 g/mol. The van der Waals surface area contributed by atoms with Gasteiger partial charge in [0.15, 0.2) is 0 Å². The number of rotatable bonds is 3. The van der Waals surface area contributed by atoms with Crippen LogP contribution in [0.1, 0.15) is 6.92 Å². The number of carbonyl (C=O) groups is 1. The maximum Gasteiger partial charge on any atom is 0.230 e. The van der Waals surface area contributed by atoms with Gasteiger partial charge in [-0.05, 0) is 6.07 Å². The summed E-state index contributed by atoms with van der Waals surface area (Å²) in [4.78, 5) is 19.0. The second-order valence-electron chi connectivity index (χ2n) is 2.62. The Labute approximate surface area is 81.3 Å². The number of anilines is 1. The van der Waals surface area contributed by atoms with Crippen LogP contribution in [-0.2, 0) is 4.79 Å². The molecule has 0 spiro atoms. The molecule has 0 aliphatic carbocycles. The van der Waals surface area contributed by atoms with E-state index in [0.29, 0.717) is 11.8 Å². The lowest BCUT2D eigenvalue weighted by Crippen LogP contribution is -2.22. The summed E-state index contributed by atoms with van der Waals surface area (Å²) in [6, 6.07) is 1.68. The highest BCUT2D eigenvalue weighted by molar-refractivity contribution is 6.19. The van der Waals surface area contributed by atoms with Gasteiger partial charge in [0, 0.05) is 24.2 Å². The van der Waals surface area contributed by atoms with Crippen LogP contribution in [0.25, 0.3) is 0 Å². The Morgan fingerprint density at radius 1 is 1.62 bits per heavy atom. The number of alkyl halides is 1. The number of carbonyl (C=O) groups excluding carboxylic acids is 1. The molecule has 0 aliphatic rings. The van der Waals surface area contributed by atoms with Gasteiger partial charge in [0.05, 0.1) is 0 Å². The molecule has 0 saturated carbocycles. The zero-order valence-electron chi connectivity index (χ0n) is 7.20. The van der Waals surface area contributed by atoms with Crippen molar-refractivity contribution in [2.24, 2.45) is 5.92 Å². The molecule has 1 aromatic heterocycles. The minimum atomic E-state index is -0.231. The molecule has 0 aromatic carbocycles. The zero-order chi connectivity index (χ0) is 9.68. The van der Waals surface area contributed by atoms with Gasteiger partial charge in [-0.25, -0.2) is 9.97 Å². The molecule has 0 aliphatic heterocycles. The molecule has 1 rings (SSSR count). The van der Waals surface area contributed by atoms with Gasteiger partial charge in [0.2, 0.25) is 11.9 Å². The highest BCUT2D eigenvalue weighted by Gasteiger charge is 2.11. The minimum Gasteiger partial charge on any atom is -0.294 e. The number of hydrogen-bond acceptors (Lipinski definition) is 3. The van der Waals surface area contributed by atoms with Crippen LogP contribution in [0.3, 0.4) is 0 Å². The summed E-state index contributed by atoms with van der Waals surface area (Å²) >= 11 is 5.51. The average Bonchev–Trinajstić information content (AvgIpc) is 2.18. The number of nitrogens with one attached hydrogen (secondary N) is 1. The fourth-order valence-corrected chi connectivity index (χ4v) is 0.807. The molecule has 1 atom stereocenters. The van der Waals surface area contributed by atoms with Crippen LogP contribution in [-0.4, -0.2) is 21.8 Å². The summed E-state index contributed by atoms with van der Waals surface area (Å²) in [6.45, 7) is 1.74. The van der Waals surface area contributed by atoms with Gasteiger partial charge in [0.1, 0.15) is 0 Å². The van der Waals surface area contributed by atoms with Gasteiger partial charge in [-0.1, -0.05) is 6.92 Å². The summed E-state index contributed by atoms with van der Waals surface area (Å²) in [5.41, 5.74) is 0. The molecule has 1 heterocycles. The predicted molar refractivity (Wildman–Crippen MR) is 50.5 cm³/mol. The van der Waals surface area contributed by atoms with Crippen molar-refractivity contribution in [3.8, 4) is 0 Å². The van der Waals surface area contributed by atoms with Gasteiger partial charge in [-0.15, -0.1) is 11.6 Å². The molecule has 0 bridgehead atoms. The zero-order valence-corrected chi connectivity index (χ0v) is 7.95. The topological polar surface area (TPSA) is 54.9 Å². The summed E-state index contributed by atoms with van der Waals surface area (Å²) in [5, 5.41) is 2.55. The lowest BCUT2D eigenvalue weighted by Gasteiger charge is -2.06. The average molecular weight is 200 g/mol. The molecule has 0 saturated heterocycles. The third-order valence-electron chi connectivity index (χ3n) is 1.48. The van der Waals surface area contributed by atoms with Crippen molar-refractivity contribution in [1.82, 2.24) is 9.97 Å². The monoisotopic (exact) mass is 199 g/mol. The van der Waals surface area contributed by atoms with Crippen molar-refractivity contribution in [2.75, 3.05) is 11.2 Å². The van der Waals surface area contributed by atoms with E-state index in [1.807, 2.05) is 0 Å². The van der Waals surface area contributed by atoms with Crippen molar-refractivity contribution < 1.29 is 4.79 Å². The van der Waals surface area contributed by atoms with Crippen LogP contribution in [0.15, 0.2) is 18.5 Å². The van der Waals surface area contributed by atoms with E-state index in [-0.39, 0.29) is 11.8 Å². The van der Waals surface area contributed by atoms with Gasteiger partial charge >= 0.3 is 0 Å². The van der Waals surface area contributed by atoms with E-state index >= 15 is 0 Å². The van der Waals surface area contributed by atoms with E-state index in [9.17, 15) is 4.79 Å². The highest BCUT2D eigenvalue weighted by atomic mass is 35.5. The molecule has 1 unspecified atom stereocenters. The predicted octanol–water partition coefficient (Wildman–Crippen LogP) is 1.29. The van der Waals surface area contributed by atoms with Crippen LogP contribution >= 0.6 is 11.6 Å². The molecule has 0 radical (unpaired) electrons. The Hall–Kier alpha value is -1.16. The smallest absolute Gasteiger partial charge is 0.230 e. The summed E-state index contributed by atoms with van der Waals surface area (Å²) in [6.07, 6.45) is 3.13. The molecule has 4 nitrogen and oxygen atoms in total. The van der Waals surface area contributed by atoms with Crippen molar-refractivity contribution >= 4 is 23.5 Å². The van der Waals surface area contributed by atoms with Crippen LogP contribution < -0.4 is 5.32 Å². The van der Waals surface area contributed by atoms with Crippen LogP contribution in [0, 0.1) is 5.92 Å². The van der Waals surface area contributed by atoms with E-state index < -0.39 is 0 Å². The van der Waals surface area contributed by atoms with E-state index in [4.69, 9.17) is 11.6 Å². The number of hydrogen-bond donors (Lipinski definition) is 1. The minimum absolute atomic E-state index is 0.166. The summed E-state index contributed by atoms with van der Waals surface area (Å²) in [7, 11) is 0. The Balaban J connectivity index is 2.55. The van der Waals surface area contributed by atoms with E-state index in [1.54, 1.807) is 25.4 Å². The van der Waals surface area contributed by atoms with E-state index in [0.717, 1.165) is 0 Å². The summed E-state index contributed by atoms with van der Waals surface area (Å²) in [5.74, 6) is 0.203. The first-order valence-corrected chi connectivity index (χ1v) is 4.41. The second kappa shape index (κ2) is 4.77. The fraction of sp³-hybridized carbons (Fsp3) is 0.375. The Morgan fingerprint density at radius 2 is 2.23 bits per heavy atom. The number of amides is 1. The van der Waals surface area contributed by atoms with Crippen molar-refractivity contribution in [3.05, 3.63) is 18.5 Å². The van der Waals surface area contributed by atoms with E-state index in [1.165, 1.54) is 0 Å². The van der Waals surface area contributed by atoms with Crippen molar-refractivity contribution in [2.45, 2.75) is 6.92 Å². The lowest BCUT2D eigenvalue weighted by molar-refractivity contribution is -0.118. The van der Waals surface area contributed by atoms with Gasteiger partial charge in [-0.2, -0.15) is 0 Å². The van der Waals surface area contributed by atoms with Crippen molar-refractivity contribution in [3.63, 3.8) is 0 Å². The standard InChI is InChI=1S/C8H10ClN3O/c1-6(5-9)7(13)12-8-10-3-2-4-11-8/h2-4,6H,5H2,1H3,(H,10,11,12,13). The highest BCUT2D eigenvalue weighted by Crippen LogP contribution is 2.02. The molecule has 1 amide bonds. The molecule has 13 heavy (non-hydrogen) atoms. The van der Waals surface area contributed by atoms with E-state index in [2.05, 4.69) is 15.3 Å². The molecular formula is C8H10ClN3O. The quantitative estimate of drug-likeness (QED) is 0.747. The first-order chi connectivity index (χ1) is 6.24. The molecule has 1 N–H and O–H groups in total. The van der Waals surface area contributed by atoms with Crippen LogP contribution in [0.5, 0.6) is 0 Å². The first kappa shape index (κ1) is 9.92. The normalized spacial score (nSPS) is 12.2. The third kappa shape index (κ3) is 2.99. The van der Waals surface area contributed by atoms with Crippen LogP contribution in [0.4, 0.5) is 5.95 Å². The second-order valence-corrected chi connectivity index (χ2v) is 2.93. The summed E-state index contributed by atoms with van der Waals surface area (Å²) < 4.78 is 0. The number of nitrogens with zero attached hydrogens (tertiary/aromatic N) is 2. The fourth-order valence-electron chi connectivity index (χ4n) is 0.667.